The van der Waals surface area contributed by atoms with Gasteiger partial charge in [-0.3, -0.25) is 4.21 Å². The Kier molecular flexibility index (Phi) is 4.23. The first-order chi connectivity index (χ1) is 8.09. The molecule has 0 saturated heterocycles. The van der Waals surface area contributed by atoms with Gasteiger partial charge in [-0.25, -0.2) is 0 Å². The van der Waals surface area contributed by atoms with Crippen molar-refractivity contribution in [2.24, 2.45) is 0 Å². The van der Waals surface area contributed by atoms with E-state index in [0.717, 1.165) is 23.3 Å². The topological polar surface area (TPSA) is 29.1 Å². The third-order valence-corrected chi connectivity index (χ3v) is 4.96. The van der Waals surface area contributed by atoms with E-state index < -0.39 is 10.8 Å². The second-order valence-electron chi connectivity index (χ2n) is 4.72. The molecule has 0 amide bonds. The lowest BCUT2D eigenvalue weighted by molar-refractivity contribution is 0.447. The zero-order valence-electron chi connectivity index (χ0n) is 10.2. The molecule has 0 spiro atoms. The lowest BCUT2D eigenvalue weighted by atomic mass is 10.0. The van der Waals surface area contributed by atoms with Crippen LogP contribution < -0.4 is 5.32 Å². The van der Waals surface area contributed by atoms with Gasteiger partial charge in [-0.2, -0.15) is 0 Å². The molecule has 2 atom stereocenters. The van der Waals surface area contributed by atoms with Crippen LogP contribution in [0, 0.1) is 0 Å². The van der Waals surface area contributed by atoms with Crippen LogP contribution in [-0.4, -0.2) is 16.0 Å². The van der Waals surface area contributed by atoms with Crippen molar-refractivity contribution >= 4 is 22.4 Å². The molecule has 1 aromatic carbocycles. The Balaban J connectivity index is 2.44. The lowest BCUT2D eigenvalue weighted by Crippen LogP contribution is -2.28. The fraction of sp³-hybridized carbons (Fsp3) is 0.538. The summed E-state index contributed by atoms with van der Waals surface area (Å²) in [5, 5.41) is 4.17. The van der Waals surface area contributed by atoms with E-state index in [4.69, 9.17) is 11.6 Å². The Bertz CT molecular complexity index is 433. The Morgan fingerprint density at radius 2 is 2.24 bits per heavy atom. The van der Waals surface area contributed by atoms with E-state index in [0.29, 0.717) is 16.8 Å². The standard InChI is InChI=1S/C13H18ClNOS/c1-9(2)15-12-7-4-8-17(16)13-10(12)5-3-6-11(13)14/h3,5-6,9,12,15H,4,7-8H2,1-2H3. The van der Waals surface area contributed by atoms with E-state index in [1.807, 2.05) is 18.2 Å². The highest BCUT2D eigenvalue weighted by Crippen LogP contribution is 2.34. The summed E-state index contributed by atoms with van der Waals surface area (Å²) in [5.74, 6) is 0.715. The van der Waals surface area contributed by atoms with Crippen molar-refractivity contribution in [2.75, 3.05) is 5.75 Å². The highest BCUT2D eigenvalue weighted by atomic mass is 35.5. The fourth-order valence-electron chi connectivity index (χ4n) is 2.29. The average molecular weight is 272 g/mol. The SMILES string of the molecule is CC(C)NC1CCCS(=O)c2c(Cl)cccc21. The van der Waals surface area contributed by atoms with Gasteiger partial charge in [0.1, 0.15) is 0 Å². The van der Waals surface area contributed by atoms with E-state index in [2.05, 4.69) is 19.2 Å². The summed E-state index contributed by atoms with van der Waals surface area (Å²) < 4.78 is 12.2. The second kappa shape index (κ2) is 5.51. The first-order valence-electron chi connectivity index (χ1n) is 6.02. The summed E-state index contributed by atoms with van der Waals surface area (Å²) in [7, 11) is -0.952. The molecular weight excluding hydrogens is 254 g/mol. The summed E-state index contributed by atoms with van der Waals surface area (Å²) in [6.07, 6.45) is 2.00. The van der Waals surface area contributed by atoms with Crippen LogP contribution in [0.1, 0.15) is 38.3 Å². The maximum absolute atomic E-state index is 12.2. The molecule has 0 saturated carbocycles. The van der Waals surface area contributed by atoms with Crippen LogP contribution in [-0.2, 0) is 10.8 Å². The van der Waals surface area contributed by atoms with Gasteiger partial charge in [0.25, 0.3) is 0 Å². The van der Waals surface area contributed by atoms with Crippen LogP contribution in [0.2, 0.25) is 5.02 Å². The third kappa shape index (κ3) is 2.90. The number of nitrogens with one attached hydrogen (secondary N) is 1. The average Bonchev–Trinajstić information content (AvgIpc) is 2.40. The van der Waals surface area contributed by atoms with Gasteiger partial charge >= 0.3 is 0 Å². The van der Waals surface area contributed by atoms with Gasteiger partial charge in [0, 0.05) is 17.8 Å². The summed E-state index contributed by atoms with van der Waals surface area (Å²) in [6.45, 7) is 4.26. The quantitative estimate of drug-likeness (QED) is 0.894. The van der Waals surface area contributed by atoms with Gasteiger partial charge in [-0.1, -0.05) is 37.6 Å². The van der Waals surface area contributed by atoms with Crippen LogP contribution >= 0.6 is 11.6 Å². The fourth-order valence-corrected chi connectivity index (χ4v) is 4.12. The van der Waals surface area contributed by atoms with Crippen molar-refractivity contribution in [3.05, 3.63) is 28.8 Å². The van der Waals surface area contributed by atoms with Crippen LogP contribution in [0.5, 0.6) is 0 Å². The molecule has 2 unspecified atom stereocenters. The molecule has 0 bridgehead atoms. The van der Waals surface area contributed by atoms with Gasteiger partial charge in [0.15, 0.2) is 0 Å². The summed E-state index contributed by atoms with van der Waals surface area (Å²) >= 11 is 6.19. The van der Waals surface area contributed by atoms with Crippen LogP contribution in [0.3, 0.4) is 0 Å². The van der Waals surface area contributed by atoms with Gasteiger partial charge in [-0.15, -0.1) is 0 Å². The summed E-state index contributed by atoms with van der Waals surface area (Å²) in [6, 6.07) is 6.51. The second-order valence-corrected chi connectivity index (χ2v) is 6.64. The monoisotopic (exact) mass is 271 g/mol. The van der Waals surface area contributed by atoms with E-state index in [1.54, 1.807) is 0 Å². The molecule has 0 aliphatic carbocycles. The molecular formula is C13H18ClNOS. The van der Waals surface area contributed by atoms with Gasteiger partial charge in [0.2, 0.25) is 0 Å². The molecule has 1 heterocycles. The molecule has 4 heteroatoms. The van der Waals surface area contributed by atoms with E-state index in [1.165, 1.54) is 0 Å². The van der Waals surface area contributed by atoms with Crippen molar-refractivity contribution in [3.8, 4) is 0 Å². The molecule has 94 valence electrons. The Hall–Kier alpha value is -0.380. The first kappa shape index (κ1) is 13.1. The van der Waals surface area contributed by atoms with Crippen molar-refractivity contribution in [2.45, 2.75) is 43.7 Å². The smallest absolute Gasteiger partial charge is 0.0622 e. The van der Waals surface area contributed by atoms with E-state index >= 15 is 0 Å². The maximum Gasteiger partial charge on any atom is 0.0622 e. The van der Waals surface area contributed by atoms with Crippen molar-refractivity contribution in [3.63, 3.8) is 0 Å². The Morgan fingerprint density at radius 1 is 1.47 bits per heavy atom. The predicted molar refractivity (Wildman–Crippen MR) is 73.0 cm³/mol. The summed E-state index contributed by atoms with van der Waals surface area (Å²) in [4.78, 5) is 0.838. The molecule has 0 radical (unpaired) electrons. The molecule has 2 nitrogen and oxygen atoms in total. The van der Waals surface area contributed by atoms with Gasteiger partial charge in [-0.05, 0) is 24.5 Å². The third-order valence-electron chi connectivity index (χ3n) is 2.96. The van der Waals surface area contributed by atoms with Crippen molar-refractivity contribution < 1.29 is 4.21 Å². The Morgan fingerprint density at radius 3 is 2.94 bits per heavy atom. The van der Waals surface area contributed by atoms with E-state index in [-0.39, 0.29) is 6.04 Å². The van der Waals surface area contributed by atoms with Crippen molar-refractivity contribution in [1.82, 2.24) is 5.32 Å². The predicted octanol–water partition coefficient (Wildman–Crippen LogP) is 3.28. The molecule has 1 N–H and O–H groups in total. The number of hydrogen-bond donors (Lipinski definition) is 1. The molecule has 0 aromatic heterocycles. The minimum Gasteiger partial charge on any atom is -0.308 e. The van der Waals surface area contributed by atoms with Gasteiger partial charge in [0.05, 0.1) is 20.7 Å². The molecule has 0 fully saturated rings. The Labute approximate surface area is 110 Å². The molecule has 1 aliphatic rings. The minimum atomic E-state index is -0.952. The normalized spacial score (nSPS) is 24.5. The molecule has 2 rings (SSSR count). The largest absolute Gasteiger partial charge is 0.308 e. The number of fused-ring (bicyclic) bond motifs is 1. The molecule has 17 heavy (non-hydrogen) atoms. The highest BCUT2D eigenvalue weighted by molar-refractivity contribution is 7.85. The van der Waals surface area contributed by atoms with Crippen LogP contribution in [0.15, 0.2) is 23.1 Å². The van der Waals surface area contributed by atoms with Crippen molar-refractivity contribution in [1.29, 1.82) is 0 Å². The highest BCUT2D eigenvalue weighted by Gasteiger charge is 2.24. The lowest BCUT2D eigenvalue weighted by Gasteiger charge is -2.21. The number of hydrogen-bond acceptors (Lipinski definition) is 2. The number of benzene rings is 1. The van der Waals surface area contributed by atoms with E-state index in [9.17, 15) is 4.21 Å². The van der Waals surface area contributed by atoms with Gasteiger partial charge < -0.3 is 5.32 Å². The molecule has 1 aliphatic heterocycles. The minimum absolute atomic E-state index is 0.273. The van der Waals surface area contributed by atoms with Crippen LogP contribution in [0.4, 0.5) is 0 Å². The maximum atomic E-state index is 12.2. The number of halogens is 1. The number of rotatable bonds is 2. The van der Waals surface area contributed by atoms with Crippen LogP contribution in [0.25, 0.3) is 0 Å². The summed E-state index contributed by atoms with van der Waals surface area (Å²) in [5.41, 5.74) is 1.11. The zero-order valence-corrected chi connectivity index (χ0v) is 11.8. The molecule has 1 aromatic rings. The first-order valence-corrected chi connectivity index (χ1v) is 7.72. The zero-order chi connectivity index (χ0) is 12.4.